The Morgan fingerprint density at radius 1 is 1.14 bits per heavy atom. The Hall–Kier alpha value is -4.80. The van der Waals surface area contributed by atoms with Gasteiger partial charge in [-0.05, 0) is 35.4 Å². The molecular formula is C25H26N8O3. The van der Waals surface area contributed by atoms with Crippen LogP contribution in [0.2, 0.25) is 0 Å². The second-order valence-corrected chi connectivity index (χ2v) is 8.00. The fourth-order valence-electron chi connectivity index (χ4n) is 3.44. The van der Waals surface area contributed by atoms with E-state index in [1.165, 1.54) is 11.8 Å². The van der Waals surface area contributed by atoms with Gasteiger partial charge in [0.25, 0.3) is 0 Å². The number of hydrogen-bond donors (Lipinski definition) is 4. The minimum Gasteiger partial charge on any atom is -0.442 e. The Morgan fingerprint density at radius 3 is 2.64 bits per heavy atom. The van der Waals surface area contributed by atoms with E-state index in [1.54, 1.807) is 24.7 Å². The molecule has 3 aromatic rings. The van der Waals surface area contributed by atoms with Gasteiger partial charge in [-0.1, -0.05) is 30.3 Å². The van der Waals surface area contributed by atoms with Crippen LogP contribution in [0.4, 0.5) is 10.6 Å². The van der Waals surface area contributed by atoms with Crippen LogP contribution in [-0.4, -0.2) is 53.3 Å². The van der Waals surface area contributed by atoms with E-state index in [-0.39, 0.29) is 18.4 Å². The predicted molar refractivity (Wildman–Crippen MR) is 136 cm³/mol. The van der Waals surface area contributed by atoms with E-state index < -0.39 is 12.2 Å². The summed E-state index contributed by atoms with van der Waals surface area (Å²) in [6.07, 6.45) is 4.13. The predicted octanol–water partition coefficient (Wildman–Crippen LogP) is 2.25. The first-order valence-electron chi connectivity index (χ1n) is 11.3. The Bertz CT molecular complexity index is 1230. The van der Waals surface area contributed by atoms with E-state index in [0.29, 0.717) is 18.9 Å². The first-order chi connectivity index (χ1) is 17.5. The van der Waals surface area contributed by atoms with Gasteiger partial charge in [-0.2, -0.15) is 5.10 Å². The SMILES string of the molecule is CC(=O)NC[C@H]1CN(c2ccc(-c3ccc(/C=N/NC(=N)NCc4ccccn4)cc3)cn2)C(=O)O1. The summed E-state index contributed by atoms with van der Waals surface area (Å²) in [5, 5.41) is 17.5. The number of benzene rings is 1. The third-order valence-electron chi connectivity index (χ3n) is 5.28. The summed E-state index contributed by atoms with van der Waals surface area (Å²) in [7, 11) is 0. The number of cyclic esters (lactones) is 1. The lowest BCUT2D eigenvalue weighted by molar-refractivity contribution is -0.119. The number of hydrogen-bond acceptors (Lipinski definition) is 7. The molecule has 2 amide bonds. The molecule has 1 aliphatic heterocycles. The van der Waals surface area contributed by atoms with Crippen molar-refractivity contribution in [2.24, 2.45) is 5.10 Å². The molecule has 0 bridgehead atoms. The molecule has 36 heavy (non-hydrogen) atoms. The van der Waals surface area contributed by atoms with Crippen molar-refractivity contribution in [3.05, 3.63) is 78.2 Å². The summed E-state index contributed by atoms with van der Waals surface area (Å²) in [5.41, 5.74) is 6.18. The highest BCUT2D eigenvalue weighted by atomic mass is 16.6. The Morgan fingerprint density at radius 2 is 1.94 bits per heavy atom. The maximum atomic E-state index is 12.2. The van der Waals surface area contributed by atoms with E-state index >= 15 is 0 Å². The van der Waals surface area contributed by atoms with E-state index in [1.807, 2.05) is 48.5 Å². The summed E-state index contributed by atoms with van der Waals surface area (Å²) in [6, 6.07) is 17.0. The Kier molecular flexibility index (Phi) is 7.81. The van der Waals surface area contributed by atoms with Gasteiger partial charge in [-0.3, -0.25) is 20.1 Å². The van der Waals surface area contributed by atoms with Gasteiger partial charge in [0.15, 0.2) is 0 Å². The van der Waals surface area contributed by atoms with Crippen molar-refractivity contribution < 1.29 is 14.3 Å². The molecule has 11 heteroatoms. The summed E-state index contributed by atoms with van der Waals surface area (Å²) in [5.74, 6) is 0.389. The third-order valence-corrected chi connectivity index (χ3v) is 5.28. The maximum Gasteiger partial charge on any atom is 0.416 e. The van der Waals surface area contributed by atoms with Gasteiger partial charge in [0.1, 0.15) is 11.9 Å². The molecule has 1 aliphatic rings. The molecule has 11 nitrogen and oxygen atoms in total. The number of hydrazone groups is 1. The van der Waals surface area contributed by atoms with Gasteiger partial charge in [-0.25, -0.2) is 15.2 Å². The molecule has 184 valence electrons. The molecule has 2 aromatic heterocycles. The number of anilines is 1. The molecule has 1 fully saturated rings. The van der Waals surface area contributed by atoms with Gasteiger partial charge >= 0.3 is 6.09 Å². The van der Waals surface area contributed by atoms with Crippen molar-refractivity contribution in [3.63, 3.8) is 0 Å². The monoisotopic (exact) mass is 486 g/mol. The number of carbonyl (C=O) groups is 2. The van der Waals surface area contributed by atoms with E-state index in [4.69, 9.17) is 10.1 Å². The first kappa shape index (κ1) is 24.3. The second-order valence-electron chi connectivity index (χ2n) is 8.00. The summed E-state index contributed by atoms with van der Waals surface area (Å²) in [6.45, 7) is 2.44. The van der Waals surface area contributed by atoms with Crippen LogP contribution in [0.5, 0.6) is 0 Å². The van der Waals surface area contributed by atoms with Crippen molar-refractivity contribution in [1.29, 1.82) is 5.41 Å². The number of aromatic nitrogens is 2. The highest BCUT2D eigenvalue weighted by Gasteiger charge is 2.33. The van der Waals surface area contributed by atoms with Crippen molar-refractivity contribution in [2.75, 3.05) is 18.0 Å². The van der Waals surface area contributed by atoms with Crippen LogP contribution >= 0.6 is 0 Å². The van der Waals surface area contributed by atoms with E-state index in [9.17, 15) is 9.59 Å². The molecule has 1 saturated heterocycles. The van der Waals surface area contributed by atoms with Crippen LogP contribution in [-0.2, 0) is 16.1 Å². The molecule has 0 spiro atoms. The molecule has 3 heterocycles. The normalized spacial score (nSPS) is 15.0. The number of nitrogens with one attached hydrogen (secondary N) is 4. The van der Waals surface area contributed by atoms with Crippen LogP contribution in [0.25, 0.3) is 11.1 Å². The average molecular weight is 487 g/mol. The molecular weight excluding hydrogens is 460 g/mol. The Labute approximate surface area is 208 Å². The summed E-state index contributed by atoms with van der Waals surface area (Å²) in [4.78, 5) is 33.3. The average Bonchev–Trinajstić information content (AvgIpc) is 3.28. The molecule has 0 radical (unpaired) electrons. The molecule has 4 N–H and O–H groups in total. The summed E-state index contributed by atoms with van der Waals surface area (Å²) >= 11 is 0. The van der Waals surface area contributed by atoms with E-state index in [0.717, 1.165) is 22.4 Å². The van der Waals surface area contributed by atoms with Crippen LogP contribution < -0.4 is 21.0 Å². The minimum absolute atomic E-state index is 0.0722. The highest BCUT2D eigenvalue weighted by molar-refractivity contribution is 5.89. The van der Waals surface area contributed by atoms with Crippen molar-refractivity contribution in [2.45, 2.75) is 19.6 Å². The zero-order valence-electron chi connectivity index (χ0n) is 19.6. The maximum absolute atomic E-state index is 12.2. The summed E-state index contributed by atoms with van der Waals surface area (Å²) < 4.78 is 5.28. The van der Waals surface area contributed by atoms with Crippen LogP contribution in [0, 0.1) is 5.41 Å². The molecule has 1 atom stereocenters. The quantitative estimate of drug-likeness (QED) is 0.217. The van der Waals surface area contributed by atoms with Gasteiger partial charge in [-0.15, -0.1) is 0 Å². The van der Waals surface area contributed by atoms with Crippen LogP contribution in [0.15, 0.2) is 72.1 Å². The standard InChI is InChI=1S/C25H26N8O3/c1-17(34)28-15-22-16-33(25(35)36-22)23-10-9-20(13-29-23)19-7-5-18(6-8-19)12-31-32-24(26)30-14-21-4-2-3-11-27-21/h2-13,22H,14-16H2,1H3,(H,28,34)(H3,26,30,32)/b31-12+/t22-/m0/s1. The molecule has 0 saturated carbocycles. The fraction of sp³-hybridized carbons (Fsp3) is 0.200. The number of rotatable bonds is 8. The lowest BCUT2D eigenvalue weighted by Gasteiger charge is -2.12. The fourth-order valence-corrected chi connectivity index (χ4v) is 3.44. The molecule has 4 rings (SSSR count). The lowest BCUT2D eigenvalue weighted by Crippen LogP contribution is -2.33. The molecule has 1 aromatic carbocycles. The number of ether oxygens (including phenoxy) is 1. The van der Waals surface area contributed by atoms with Gasteiger partial charge < -0.3 is 15.4 Å². The zero-order valence-corrected chi connectivity index (χ0v) is 19.6. The molecule has 0 aliphatic carbocycles. The highest BCUT2D eigenvalue weighted by Crippen LogP contribution is 2.24. The van der Waals surface area contributed by atoms with Gasteiger partial charge in [0, 0.05) is 24.9 Å². The lowest BCUT2D eigenvalue weighted by atomic mass is 10.1. The first-order valence-corrected chi connectivity index (χ1v) is 11.3. The van der Waals surface area contributed by atoms with Crippen molar-refractivity contribution >= 4 is 30.0 Å². The van der Waals surface area contributed by atoms with Crippen molar-refractivity contribution in [3.8, 4) is 11.1 Å². The number of carbonyl (C=O) groups excluding carboxylic acids is 2. The number of nitrogens with zero attached hydrogens (tertiary/aromatic N) is 4. The van der Waals surface area contributed by atoms with Crippen molar-refractivity contribution in [1.82, 2.24) is 26.0 Å². The zero-order chi connectivity index (χ0) is 25.3. The van der Waals surface area contributed by atoms with E-state index in [2.05, 4.69) is 31.1 Å². The number of guanidine groups is 1. The Balaban J connectivity index is 1.28. The second kappa shape index (κ2) is 11.6. The largest absolute Gasteiger partial charge is 0.442 e. The minimum atomic E-state index is -0.483. The third kappa shape index (κ3) is 6.63. The smallest absolute Gasteiger partial charge is 0.416 e. The van der Waals surface area contributed by atoms with Gasteiger partial charge in [0.2, 0.25) is 11.9 Å². The van der Waals surface area contributed by atoms with Gasteiger partial charge in [0.05, 0.1) is 31.5 Å². The number of pyridine rings is 2. The molecule has 0 unspecified atom stereocenters. The van der Waals surface area contributed by atoms with Crippen LogP contribution in [0.3, 0.4) is 0 Å². The topological polar surface area (TPSA) is 145 Å². The van der Waals surface area contributed by atoms with Crippen LogP contribution in [0.1, 0.15) is 18.2 Å². The number of amides is 2.